The lowest BCUT2D eigenvalue weighted by molar-refractivity contribution is -0.142. The second-order valence-electron chi connectivity index (χ2n) is 5.79. The maximum Gasteiger partial charge on any atom is 0.311 e. The number of aromatic amines is 2. The molecule has 1 amide bonds. The van der Waals surface area contributed by atoms with Crippen LogP contribution in [0.15, 0.2) is 23.0 Å². The summed E-state index contributed by atoms with van der Waals surface area (Å²) in [5, 5.41) is 5.15. The molecule has 1 atom stereocenters. The highest BCUT2D eigenvalue weighted by Crippen LogP contribution is 2.34. The van der Waals surface area contributed by atoms with Crippen LogP contribution in [0.5, 0.6) is 11.5 Å². The van der Waals surface area contributed by atoms with Gasteiger partial charge in [-0.3, -0.25) is 19.5 Å². The molecule has 0 fully saturated rings. The first-order valence-electron chi connectivity index (χ1n) is 8.36. The first-order chi connectivity index (χ1) is 12.9. The van der Waals surface area contributed by atoms with Crippen LogP contribution in [0.2, 0.25) is 0 Å². The quantitative estimate of drug-likeness (QED) is 0.554. The molecule has 0 bridgehead atoms. The molecule has 0 radical (unpaired) electrons. The van der Waals surface area contributed by atoms with Crippen LogP contribution in [-0.2, 0) is 20.7 Å². The number of aromatic nitrogens is 2. The summed E-state index contributed by atoms with van der Waals surface area (Å²) in [5.74, 6) is -0.782. The molecular formula is C18H23N3O6. The third-order valence-corrected chi connectivity index (χ3v) is 4.09. The maximum absolute atomic E-state index is 12.4. The summed E-state index contributed by atoms with van der Waals surface area (Å²) in [6.07, 6.45) is -0.253. The Morgan fingerprint density at radius 2 is 1.85 bits per heavy atom. The molecule has 9 heteroatoms. The standard InChI is InChI=1S/C18H23N3O6/c1-4-27-16(23)9-12-17(18(24)21-20-12)11(8-15(19)22)10-5-6-13(25-2)14(7-10)26-3/h5-7,11H,4,8-9H2,1-3H3,(H2,19,22)(H2,20,21,24). The minimum Gasteiger partial charge on any atom is -0.493 e. The van der Waals surface area contributed by atoms with E-state index in [2.05, 4.69) is 10.2 Å². The van der Waals surface area contributed by atoms with Crippen LogP contribution in [-0.4, -0.2) is 42.9 Å². The summed E-state index contributed by atoms with van der Waals surface area (Å²) in [4.78, 5) is 35.9. The largest absolute Gasteiger partial charge is 0.493 e. The van der Waals surface area contributed by atoms with Crippen molar-refractivity contribution in [2.45, 2.75) is 25.7 Å². The average molecular weight is 377 g/mol. The third kappa shape index (κ3) is 4.69. The molecule has 1 aromatic carbocycles. The zero-order chi connectivity index (χ0) is 20.0. The molecule has 2 rings (SSSR count). The van der Waals surface area contributed by atoms with E-state index < -0.39 is 23.4 Å². The fourth-order valence-corrected chi connectivity index (χ4v) is 2.93. The van der Waals surface area contributed by atoms with E-state index in [1.807, 2.05) is 0 Å². The molecule has 9 nitrogen and oxygen atoms in total. The molecule has 1 aromatic heterocycles. The zero-order valence-electron chi connectivity index (χ0n) is 15.5. The summed E-state index contributed by atoms with van der Waals surface area (Å²) in [6.45, 7) is 1.92. The summed E-state index contributed by atoms with van der Waals surface area (Å²) >= 11 is 0. The fraction of sp³-hybridized carbons (Fsp3) is 0.389. The number of methoxy groups -OCH3 is 2. The number of H-pyrrole nitrogens is 2. The SMILES string of the molecule is CCOC(=O)Cc1[nH][nH]c(=O)c1C(CC(N)=O)c1ccc(OC)c(OC)c1. The van der Waals surface area contributed by atoms with Gasteiger partial charge in [0.25, 0.3) is 5.56 Å². The highest BCUT2D eigenvalue weighted by atomic mass is 16.5. The van der Waals surface area contributed by atoms with Crippen molar-refractivity contribution in [1.82, 2.24) is 10.2 Å². The minimum atomic E-state index is -0.665. The number of benzene rings is 1. The second kappa shape index (κ2) is 8.93. The van der Waals surface area contributed by atoms with Crippen LogP contribution in [0.4, 0.5) is 0 Å². The zero-order valence-corrected chi connectivity index (χ0v) is 15.5. The third-order valence-electron chi connectivity index (χ3n) is 4.09. The highest BCUT2D eigenvalue weighted by Gasteiger charge is 2.26. The number of ether oxygens (including phenoxy) is 3. The van der Waals surface area contributed by atoms with Gasteiger partial charge >= 0.3 is 5.97 Å². The van der Waals surface area contributed by atoms with Crippen molar-refractivity contribution in [2.75, 3.05) is 20.8 Å². The van der Waals surface area contributed by atoms with Gasteiger partial charge in [-0.05, 0) is 24.6 Å². The van der Waals surface area contributed by atoms with Crippen molar-refractivity contribution in [1.29, 1.82) is 0 Å². The van der Waals surface area contributed by atoms with Gasteiger partial charge in [0.2, 0.25) is 5.91 Å². The van der Waals surface area contributed by atoms with Gasteiger partial charge in [0.05, 0.1) is 32.9 Å². The summed E-state index contributed by atoms with van der Waals surface area (Å²) in [5.41, 5.74) is 6.20. The Hall–Kier alpha value is -3.23. The lowest BCUT2D eigenvalue weighted by atomic mass is 9.87. The Kier molecular flexibility index (Phi) is 6.64. The molecule has 0 aliphatic carbocycles. The molecule has 4 N–H and O–H groups in total. The van der Waals surface area contributed by atoms with E-state index in [1.165, 1.54) is 14.2 Å². The Balaban J connectivity index is 2.52. The lowest BCUT2D eigenvalue weighted by Gasteiger charge is -2.17. The van der Waals surface area contributed by atoms with Crippen LogP contribution in [0.1, 0.15) is 36.1 Å². The van der Waals surface area contributed by atoms with E-state index in [9.17, 15) is 14.4 Å². The molecule has 0 spiro atoms. The van der Waals surface area contributed by atoms with Gasteiger partial charge in [0.1, 0.15) is 0 Å². The van der Waals surface area contributed by atoms with E-state index in [4.69, 9.17) is 19.9 Å². The van der Waals surface area contributed by atoms with Gasteiger partial charge in [0.15, 0.2) is 11.5 Å². The summed E-state index contributed by atoms with van der Waals surface area (Å²) in [7, 11) is 2.99. The summed E-state index contributed by atoms with van der Waals surface area (Å²) in [6, 6.07) is 5.07. The molecule has 2 aromatic rings. The average Bonchev–Trinajstić information content (AvgIpc) is 2.99. The molecule has 146 valence electrons. The second-order valence-corrected chi connectivity index (χ2v) is 5.79. The van der Waals surface area contributed by atoms with Gasteiger partial charge < -0.3 is 25.0 Å². The van der Waals surface area contributed by atoms with Crippen LogP contribution < -0.4 is 20.8 Å². The number of primary amides is 1. The van der Waals surface area contributed by atoms with Gasteiger partial charge in [-0.25, -0.2) is 0 Å². The number of esters is 1. The Morgan fingerprint density at radius 3 is 2.44 bits per heavy atom. The molecule has 0 saturated heterocycles. The Labute approximate surface area is 155 Å². The number of hydrogen-bond donors (Lipinski definition) is 3. The van der Waals surface area contributed by atoms with Crippen LogP contribution in [0, 0.1) is 0 Å². The minimum absolute atomic E-state index is 0.119. The van der Waals surface area contributed by atoms with Gasteiger partial charge in [-0.15, -0.1) is 0 Å². The van der Waals surface area contributed by atoms with Crippen molar-refractivity contribution in [3.8, 4) is 11.5 Å². The Bertz CT molecular complexity index is 870. The van der Waals surface area contributed by atoms with Crippen molar-refractivity contribution in [3.63, 3.8) is 0 Å². The molecular weight excluding hydrogens is 354 g/mol. The fourth-order valence-electron chi connectivity index (χ4n) is 2.93. The maximum atomic E-state index is 12.4. The van der Waals surface area contributed by atoms with E-state index >= 15 is 0 Å². The molecule has 27 heavy (non-hydrogen) atoms. The van der Waals surface area contributed by atoms with Crippen molar-refractivity contribution < 1.29 is 23.8 Å². The predicted octanol–water partition coefficient (Wildman–Crippen LogP) is 0.833. The van der Waals surface area contributed by atoms with Gasteiger partial charge in [0, 0.05) is 17.9 Å². The van der Waals surface area contributed by atoms with Crippen molar-refractivity contribution in [2.24, 2.45) is 5.73 Å². The van der Waals surface area contributed by atoms with E-state index in [0.717, 1.165) is 0 Å². The van der Waals surface area contributed by atoms with Gasteiger partial charge in [-0.2, -0.15) is 0 Å². The molecule has 1 heterocycles. The number of nitrogens with two attached hydrogens (primary N) is 1. The molecule has 0 aliphatic rings. The number of nitrogens with one attached hydrogen (secondary N) is 2. The highest BCUT2D eigenvalue weighted by molar-refractivity contribution is 5.76. The predicted molar refractivity (Wildman–Crippen MR) is 97.0 cm³/mol. The van der Waals surface area contributed by atoms with Crippen LogP contribution >= 0.6 is 0 Å². The van der Waals surface area contributed by atoms with E-state index in [1.54, 1.807) is 25.1 Å². The van der Waals surface area contributed by atoms with E-state index in [-0.39, 0.29) is 25.0 Å². The number of hydrogen-bond acceptors (Lipinski definition) is 6. The topological polar surface area (TPSA) is 136 Å². The number of carbonyl (C=O) groups excluding carboxylic acids is 2. The Morgan fingerprint density at radius 1 is 1.15 bits per heavy atom. The lowest BCUT2D eigenvalue weighted by Crippen LogP contribution is -2.22. The van der Waals surface area contributed by atoms with Crippen LogP contribution in [0.3, 0.4) is 0 Å². The number of rotatable bonds is 9. The van der Waals surface area contributed by atoms with Gasteiger partial charge in [-0.1, -0.05) is 6.07 Å². The molecule has 1 unspecified atom stereocenters. The van der Waals surface area contributed by atoms with Crippen molar-refractivity contribution >= 4 is 11.9 Å². The monoisotopic (exact) mass is 377 g/mol. The smallest absolute Gasteiger partial charge is 0.311 e. The van der Waals surface area contributed by atoms with Crippen LogP contribution in [0.25, 0.3) is 0 Å². The molecule has 0 saturated carbocycles. The first-order valence-corrected chi connectivity index (χ1v) is 8.36. The summed E-state index contributed by atoms with van der Waals surface area (Å²) < 4.78 is 15.5. The van der Waals surface area contributed by atoms with Crippen molar-refractivity contribution in [3.05, 3.63) is 45.4 Å². The van der Waals surface area contributed by atoms with E-state index in [0.29, 0.717) is 22.8 Å². The number of amides is 1. The molecule has 0 aliphatic heterocycles. The number of carbonyl (C=O) groups is 2. The first kappa shape index (κ1) is 20.1. The normalized spacial score (nSPS) is 11.7.